The highest BCUT2D eigenvalue weighted by Crippen LogP contribution is 2.27. The molecule has 0 amide bonds. The first-order valence-electron chi connectivity index (χ1n) is 6.03. The average Bonchev–Trinajstić information content (AvgIpc) is 2.35. The van der Waals surface area contributed by atoms with E-state index in [4.69, 9.17) is 17.4 Å². The van der Waals surface area contributed by atoms with E-state index >= 15 is 0 Å². The van der Waals surface area contributed by atoms with Crippen LogP contribution in [0.2, 0.25) is 5.02 Å². The van der Waals surface area contributed by atoms with E-state index in [2.05, 4.69) is 19.3 Å². The van der Waals surface area contributed by atoms with E-state index in [9.17, 15) is 4.39 Å². The van der Waals surface area contributed by atoms with Crippen molar-refractivity contribution in [3.05, 3.63) is 34.6 Å². The molecule has 1 aromatic rings. The number of nitrogens with one attached hydrogen (secondary N) is 1. The molecule has 0 bridgehead atoms. The lowest BCUT2D eigenvalue weighted by Gasteiger charge is -2.21. The van der Waals surface area contributed by atoms with Crippen molar-refractivity contribution in [3.8, 4) is 0 Å². The van der Waals surface area contributed by atoms with E-state index in [0.29, 0.717) is 5.92 Å². The fourth-order valence-corrected chi connectivity index (χ4v) is 2.17. The standard InChI is InChI=1S/C13H20ClFN2/c1-3-9(4-2)7-13(17-16)10-5-6-12(15)11(14)8-10/h5-6,8-9,13,17H,3-4,7,16H2,1-2H3. The summed E-state index contributed by atoms with van der Waals surface area (Å²) in [6.07, 6.45) is 3.17. The number of rotatable bonds is 6. The molecule has 96 valence electrons. The Morgan fingerprint density at radius 2 is 2.00 bits per heavy atom. The highest BCUT2D eigenvalue weighted by atomic mass is 35.5. The van der Waals surface area contributed by atoms with Crippen LogP contribution >= 0.6 is 11.6 Å². The van der Waals surface area contributed by atoms with E-state index in [-0.39, 0.29) is 11.1 Å². The van der Waals surface area contributed by atoms with Crippen LogP contribution in [0.5, 0.6) is 0 Å². The summed E-state index contributed by atoms with van der Waals surface area (Å²) in [5, 5.41) is 0.146. The summed E-state index contributed by atoms with van der Waals surface area (Å²) >= 11 is 5.78. The summed E-state index contributed by atoms with van der Waals surface area (Å²) in [4.78, 5) is 0. The SMILES string of the molecule is CCC(CC)CC(NN)c1ccc(F)c(Cl)c1. The van der Waals surface area contributed by atoms with Crippen LogP contribution < -0.4 is 11.3 Å². The zero-order chi connectivity index (χ0) is 12.8. The molecule has 0 saturated heterocycles. The highest BCUT2D eigenvalue weighted by Gasteiger charge is 2.15. The Morgan fingerprint density at radius 1 is 1.35 bits per heavy atom. The molecule has 0 saturated carbocycles. The molecule has 0 radical (unpaired) electrons. The number of hydrogen-bond donors (Lipinski definition) is 2. The van der Waals surface area contributed by atoms with Crippen molar-refractivity contribution >= 4 is 11.6 Å². The van der Waals surface area contributed by atoms with Gasteiger partial charge in [0, 0.05) is 6.04 Å². The van der Waals surface area contributed by atoms with Gasteiger partial charge in [0.25, 0.3) is 0 Å². The molecule has 0 aromatic heterocycles. The van der Waals surface area contributed by atoms with Gasteiger partial charge in [0.2, 0.25) is 0 Å². The maximum atomic E-state index is 13.1. The summed E-state index contributed by atoms with van der Waals surface area (Å²) in [6, 6.07) is 4.78. The van der Waals surface area contributed by atoms with Gasteiger partial charge < -0.3 is 0 Å². The first-order chi connectivity index (χ1) is 8.12. The highest BCUT2D eigenvalue weighted by molar-refractivity contribution is 6.30. The van der Waals surface area contributed by atoms with Crippen molar-refractivity contribution in [2.24, 2.45) is 11.8 Å². The second-order valence-corrected chi connectivity index (χ2v) is 4.72. The molecule has 1 aromatic carbocycles. The fraction of sp³-hybridized carbons (Fsp3) is 0.538. The van der Waals surface area contributed by atoms with Gasteiger partial charge in [-0.15, -0.1) is 0 Å². The minimum Gasteiger partial charge on any atom is -0.271 e. The van der Waals surface area contributed by atoms with Crippen molar-refractivity contribution in [2.75, 3.05) is 0 Å². The molecule has 1 rings (SSSR count). The quantitative estimate of drug-likeness (QED) is 0.602. The third kappa shape index (κ3) is 3.95. The minimum absolute atomic E-state index is 0.0259. The van der Waals surface area contributed by atoms with E-state index < -0.39 is 5.82 Å². The van der Waals surface area contributed by atoms with E-state index in [1.807, 2.05) is 0 Å². The smallest absolute Gasteiger partial charge is 0.141 e. The second-order valence-electron chi connectivity index (χ2n) is 4.31. The molecule has 0 heterocycles. The van der Waals surface area contributed by atoms with Crippen molar-refractivity contribution < 1.29 is 4.39 Å². The topological polar surface area (TPSA) is 38.0 Å². The Hall–Kier alpha value is -0.640. The Kier molecular flexibility index (Phi) is 5.89. The molecule has 4 heteroatoms. The molecule has 1 unspecified atom stereocenters. The largest absolute Gasteiger partial charge is 0.271 e. The molecule has 17 heavy (non-hydrogen) atoms. The maximum absolute atomic E-state index is 13.1. The molecule has 0 spiro atoms. The zero-order valence-corrected chi connectivity index (χ0v) is 11.1. The number of benzene rings is 1. The van der Waals surface area contributed by atoms with Crippen LogP contribution in [0.1, 0.15) is 44.7 Å². The van der Waals surface area contributed by atoms with Crippen molar-refractivity contribution in [2.45, 2.75) is 39.2 Å². The van der Waals surface area contributed by atoms with Gasteiger partial charge in [-0.25, -0.2) is 4.39 Å². The first kappa shape index (κ1) is 14.4. The van der Waals surface area contributed by atoms with Crippen molar-refractivity contribution in [1.82, 2.24) is 5.43 Å². The lowest BCUT2D eigenvalue weighted by Crippen LogP contribution is -2.29. The molecule has 2 nitrogen and oxygen atoms in total. The monoisotopic (exact) mass is 258 g/mol. The van der Waals surface area contributed by atoms with Gasteiger partial charge in [0.1, 0.15) is 5.82 Å². The van der Waals surface area contributed by atoms with Gasteiger partial charge in [-0.3, -0.25) is 11.3 Å². The van der Waals surface area contributed by atoms with Gasteiger partial charge in [0.05, 0.1) is 5.02 Å². The summed E-state index contributed by atoms with van der Waals surface area (Å²) in [5.74, 6) is 5.78. The lowest BCUT2D eigenvalue weighted by molar-refractivity contribution is 0.374. The average molecular weight is 259 g/mol. The van der Waals surface area contributed by atoms with Gasteiger partial charge >= 0.3 is 0 Å². The number of halogens is 2. The van der Waals surface area contributed by atoms with Crippen LogP contribution in [0.3, 0.4) is 0 Å². The summed E-state index contributed by atoms with van der Waals surface area (Å²) < 4.78 is 13.1. The molecule has 3 N–H and O–H groups in total. The minimum atomic E-state index is -0.395. The van der Waals surface area contributed by atoms with Crippen molar-refractivity contribution in [1.29, 1.82) is 0 Å². The van der Waals surface area contributed by atoms with Crippen LogP contribution in [-0.4, -0.2) is 0 Å². The maximum Gasteiger partial charge on any atom is 0.141 e. The predicted octanol–water partition coefficient (Wildman–Crippen LogP) is 3.81. The van der Waals surface area contributed by atoms with Gasteiger partial charge in [0.15, 0.2) is 0 Å². The molecule has 0 aliphatic heterocycles. The molecule has 0 fully saturated rings. The molecular weight excluding hydrogens is 239 g/mol. The molecule has 1 atom stereocenters. The Morgan fingerprint density at radius 3 is 2.47 bits per heavy atom. The molecular formula is C13H20ClFN2. The summed E-state index contributed by atoms with van der Waals surface area (Å²) in [5.41, 5.74) is 3.72. The second kappa shape index (κ2) is 6.94. The predicted molar refractivity (Wildman–Crippen MR) is 70.2 cm³/mol. The molecule has 0 aliphatic rings. The van der Waals surface area contributed by atoms with Crippen LogP contribution in [0, 0.1) is 11.7 Å². The van der Waals surface area contributed by atoms with Crippen LogP contribution in [0.15, 0.2) is 18.2 Å². The zero-order valence-electron chi connectivity index (χ0n) is 10.3. The van der Waals surface area contributed by atoms with Crippen molar-refractivity contribution in [3.63, 3.8) is 0 Å². The van der Waals surface area contributed by atoms with Gasteiger partial charge in [-0.1, -0.05) is 44.4 Å². The Bertz CT molecular complexity index is 353. The van der Waals surface area contributed by atoms with Crippen LogP contribution in [0.25, 0.3) is 0 Å². The van der Waals surface area contributed by atoms with Gasteiger partial charge in [-0.2, -0.15) is 0 Å². The van der Waals surface area contributed by atoms with E-state index in [0.717, 1.165) is 24.8 Å². The van der Waals surface area contributed by atoms with Gasteiger partial charge in [-0.05, 0) is 30.0 Å². The fourth-order valence-electron chi connectivity index (χ4n) is 1.98. The lowest BCUT2D eigenvalue weighted by atomic mass is 9.91. The Labute approximate surface area is 107 Å². The third-order valence-corrected chi connectivity index (χ3v) is 3.56. The first-order valence-corrected chi connectivity index (χ1v) is 6.41. The number of hydrazine groups is 1. The van der Waals surface area contributed by atoms with Crippen LogP contribution in [-0.2, 0) is 0 Å². The summed E-state index contributed by atoms with van der Waals surface area (Å²) in [7, 11) is 0. The van der Waals surface area contributed by atoms with E-state index in [1.165, 1.54) is 6.07 Å². The number of hydrogen-bond acceptors (Lipinski definition) is 2. The third-order valence-electron chi connectivity index (χ3n) is 3.27. The Balaban J connectivity index is 2.82. The number of nitrogens with two attached hydrogens (primary N) is 1. The van der Waals surface area contributed by atoms with E-state index in [1.54, 1.807) is 12.1 Å². The normalized spacial score (nSPS) is 13.1. The molecule has 0 aliphatic carbocycles. The van der Waals surface area contributed by atoms with Crippen LogP contribution in [0.4, 0.5) is 4.39 Å². The summed E-state index contributed by atoms with van der Waals surface area (Å²) in [6.45, 7) is 4.33.